The van der Waals surface area contributed by atoms with Crippen molar-refractivity contribution in [2.45, 2.75) is 13.8 Å². The van der Waals surface area contributed by atoms with E-state index in [1.54, 1.807) is 12.1 Å². The molecule has 1 heterocycles. The predicted octanol–water partition coefficient (Wildman–Crippen LogP) is 1.93. The van der Waals surface area contributed by atoms with Gasteiger partial charge in [0.15, 0.2) is 5.69 Å². The number of benzene rings is 1. The molecule has 1 aromatic carbocycles. The SMILES string of the molecule is Cc1ccc(NC(=O)c2ccc(N)nn2)c(C)c1. The number of hydrogen-bond donors (Lipinski definition) is 2. The van der Waals surface area contributed by atoms with Gasteiger partial charge in [0.2, 0.25) is 0 Å². The van der Waals surface area contributed by atoms with Crippen LogP contribution in [0, 0.1) is 13.8 Å². The fourth-order valence-electron chi connectivity index (χ4n) is 1.60. The quantitative estimate of drug-likeness (QED) is 0.843. The van der Waals surface area contributed by atoms with E-state index in [0.717, 1.165) is 16.8 Å². The Labute approximate surface area is 105 Å². The minimum atomic E-state index is -0.297. The van der Waals surface area contributed by atoms with Crippen LogP contribution in [-0.4, -0.2) is 16.1 Å². The summed E-state index contributed by atoms with van der Waals surface area (Å²) in [5.41, 5.74) is 8.58. The van der Waals surface area contributed by atoms with Crippen molar-refractivity contribution >= 4 is 17.4 Å². The van der Waals surface area contributed by atoms with Crippen LogP contribution < -0.4 is 11.1 Å². The highest BCUT2D eigenvalue weighted by atomic mass is 16.1. The summed E-state index contributed by atoms with van der Waals surface area (Å²) < 4.78 is 0. The second kappa shape index (κ2) is 4.83. The van der Waals surface area contributed by atoms with Crippen LogP contribution in [0.15, 0.2) is 30.3 Å². The van der Waals surface area contributed by atoms with Crippen LogP contribution >= 0.6 is 0 Å². The second-order valence-corrected chi connectivity index (χ2v) is 4.12. The van der Waals surface area contributed by atoms with Gasteiger partial charge in [-0.25, -0.2) is 0 Å². The third kappa shape index (κ3) is 2.63. The third-order valence-electron chi connectivity index (χ3n) is 2.55. The highest BCUT2D eigenvalue weighted by Gasteiger charge is 2.09. The maximum Gasteiger partial charge on any atom is 0.276 e. The highest BCUT2D eigenvalue weighted by molar-refractivity contribution is 6.03. The zero-order chi connectivity index (χ0) is 13.1. The average molecular weight is 242 g/mol. The Morgan fingerprint density at radius 2 is 1.94 bits per heavy atom. The number of nitrogens with one attached hydrogen (secondary N) is 1. The maximum absolute atomic E-state index is 11.9. The molecule has 0 atom stereocenters. The van der Waals surface area contributed by atoms with Crippen molar-refractivity contribution in [3.8, 4) is 0 Å². The fraction of sp³-hybridized carbons (Fsp3) is 0.154. The van der Waals surface area contributed by atoms with Crippen molar-refractivity contribution in [1.29, 1.82) is 0 Å². The van der Waals surface area contributed by atoms with Gasteiger partial charge in [0.1, 0.15) is 5.82 Å². The first-order chi connectivity index (χ1) is 8.56. The molecule has 0 fully saturated rings. The Morgan fingerprint density at radius 1 is 1.17 bits per heavy atom. The van der Waals surface area contributed by atoms with Crippen molar-refractivity contribution in [1.82, 2.24) is 10.2 Å². The molecular formula is C13H14N4O. The van der Waals surface area contributed by atoms with Crippen LogP contribution in [0.1, 0.15) is 21.6 Å². The van der Waals surface area contributed by atoms with E-state index >= 15 is 0 Å². The number of carbonyl (C=O) groups excluding carboxylic acids is 1. The standard InChI is InChI=1S/C13H14N4O/c1-8-3-4-10(9(2)7-8)15-13(18)11-5-6-12(14)17-16-11/h3-7H,1-2H3,(H2,14,17)(H,15,18). The Morgan fingerprint density at radius 3 is 2.56 bits per heavy atom. The van der Waals surface area contributed by atoms with Crippen LogP contribution in [0.25, 0.3) is 0 Å². The van der Waals surface area contributed by atoms with Gasteiger partial charge in [-0.3, -0.25) is 4.79 Å². The van der Waals surface area contributed by atoms with Crippen LogP contribution in [-0.2, 0) is 0 Å². The lowest BCUT2D eigenvalue weighted by Gasteiger charge is -2.08. The second-order valence-electron chi connectivity index (χ2n) is 4.12. The van der Waals surface area contributed by atoms with Crippen molar-refractivity contribution in [2.75, 3.05) is 11.1 Å². The number of aromatic nitrogens is 2. The number of carbonyl (C=O) groups is 1. The Balaban J connectivity index is 2.18. The molecule has 5 heteroatoms. The number of aryl methyl sites for hydroxylation is 2. The van der Waals surface area contributed by atoms with Gasteiger partial charge in [0.05, 0.1) is 0 Å². The van der Waals surface area contributed by atoms with Crippen LogP contribution in [0.5, 0.6) is 0 Å². The summed E-state index contributed by atoms with van der Waals surface area (Å²) in [7, 11) is 0. The molecule has 0 aliphatic rings. The lowest BCUT2D eigenvalue weighted by molar-refractivity contribution is 0.102. The smallest absolute Gasteiger partial charge is 0.276 e. The van der Waals surface area contributed by atoms with E-state index in [9.17, 15) is 4.79 Å². The Kier molecular flexibility index (Phi) is 3.23. The summed E-state index contributed by atoms with van der Waals surface area (Å²) in [4.78, 5) is 11.9. The average Bonchev–Trinajstić information content (AvgIpc) is 2.33. The predicted molar refractivity (Wildman–Crippen MR) is 70.3 cm³/mol. The molecular weight excluding hydrogens is 228 g/mol. The summed E-state index contributed by atoms with van der Waals surface area (Å²) in [6.07, 6.45) is 0. The number of anilines is 2. The molecule has 0 bridgehead atoms. The van der Waals surface area contributed by atoms with E-state index < -0.39 is 0 Å². The molecule has 0 saturated carbocycles. The zero-order valence-electron chi connectivity index (χ0n) is 10.3. The first kappa shape index (κ1) is 12.0. The minimum Gasteiger partial charge on any atom is -0.382 e. The van der Waals surface area contributed by atoms with E-state index in [1.165, 1.54) is 0 Å². The molecule has 92 valence electrons. The molecule has 0 radical (unpaired) electrons. The third-order valence-corrected chi connectivity index (χ3v) is 2.55. The summed E-state index contributed by atoms with van der Waals surface area (Å²) in [5.74, 6) is -0.00693. The number of amides is 1. The van der Waals surface area contributed by atoms with Gasteiger partial charge in [-0.05, 0) is 37.6 Å². The molecule has 2 aromatic rings. The Bertz CT molecular complexity index is 578. The summed E-state index contributed by atoms with van der Waals surface area (Å²) in [6, 6.07) is 8.90. The lowest BCUT2D eigenvalue weighted by atomic mass is 10.1. The van der Waals surface area contributed by atoms with Gasteiger partial charge in [0.25, 0.3) is 5.91 Å². The van der Waals surface area contributed by atoms with E-state index in [0.29, 0.717) is 0 Å². The topological polar surface area (TPSA) is 80.9 Å². The summed E-state index contributed by atoms with van der Waals surface area (Å²) in [6.45, 7) is 3.95. The fourth-order valence-corrected chi connectivity index (χ4v) is 1.60. The molecule has 0 unspecified atom stereocenters. The molecule has 0 spiro atoms. The highest BCUT2D eigenvalue weighted by Crippen LogP contribution is 2.16. The van der Waals surface area contributed by atoms with Crippen molar-refractivity contribution in [3.63, 3.8) is 0 Å². The van der Waals surface area contributed by atoms with Crippen molar-refractivity contribution < 1.29 is 4.79 Å². The Hall–Kier alpha value is -2.43. The maximum atomic E-state index is 11.9. The molecule has 0 aliphatic heterocycles. The molecule has 1 amide bonds. The van der Waals surface area contributed by atoms with Crippen LogP contribution in [0.3, 0.4) is 0 Å². The number of nitrogen functional groups attached to an aromatic ring is 1. The summed E-state index contributed by atoms with van der Waals surface area (Å²) in [5, 5.41) is 10.2. The number of nitrogens with two attached hydrogens (primary N) is 1. The van der Waals surface area contributed by atoms with Crippen LogP contribution in [0.4, 0.5) is 11.5 Å². The molecule has 2 rings (SSSR count). The van der Waals surface area contributed by atoms with Crippen molar-refractivity contribution in [3.05, 3.63) is 47.2 Å². The normalized spacial score (nSPS) is 10.1. The first-order valence-corrected chi connectivity index (χ1v) is 5.54. The number of rotatable bonds is 2. The zero-order valence-corrected chi connectivity index (χ0v) is 10.3. The molecule has 5 nitrogen and oxygen atoms in total. The van der Waals surface area contributed by atoms with Gasteiger partial charge in [0, 0.05) is 5.69 Å². The molecule has 1 aromatic heterocycles. The van der Waals surface area contributed by atoms with Crippen LogP contribution in [0.2, 0.25) is 0 Å². The van der Waals surface area contributed by atoms with E-state index in [-0.39, 0.29) is 17.4 Å². The van der Waals surface area contributed by atoms with Gasteiger partial charge >= 0.3 is 0 Å². The molecule has 0 saturated heterocycles. The van der Waals surface area contributed by atoms with Gasteiger partial charge in [-0.2, -0.15) is 0 Å². The lowest BCUT2D eigenvalue weighted by Crippen LogP contribution is -2.15. The molecule has 0 aliphatic carbocycles. The minimum absolute atomic E-state index is 0.240. The van der Waals surface area contributed by atoms with Gasteiger partial charge in [-0.15, -0.1) is 10.2 Å². The first-order valence-electron chi connectivity index (χ1n) is 5.54. The number of nitrogens with zero attached hydrogens (tertiary/aromatic N) is 2. The van der Waals surface area contributed by atoms with Gasteiger partial charge in [-0.1, -0.05) is 17.7 Å². The molecule has 18 heavy (non-hydrogen) atoms. The largest absolute Gasteiger partial charge is 0.382 e. The van der Waals surface area contributed by atoms with Crippen molar-refractivity contribution in [2.24, 2.45) is 0 Å². The number of hydrogen-bond acceptors (Lipinski definition) is 4. The van der Waals surface area contributed by atoms with E-state index in [1.807, 2.05) is 32.0 Å². The van der Waals surface area contributed by atoms with E-state index in [2.05, 4.69) is 15.5 Å². The summed E-state index contributed by atoms with van der Waals surface area (Å²) >= 11 is 0. The van der Waals surface area contributed by atoms with E-state index in [4.69, 9.17) is 5.73 Å². The van der Waals surface area contributed by atoms with Gasteiger partial charge < -0.3 is 11.1 Å². The monoisotopic (exact) mass is 242 g/mol. The molecule has 3 N–H and O–H groups in total.